The maximum atomic E-state index is 12.6. The van der Waals surface area contributed by atoms with Crippen LogP contribution in [0.4, 0.5) is 0 Å². The molecule has 9 heteroatoms. The van der Waals surface area contributed by atoms with Gasteiger partial charge in [0.1, 0.15) is 0 Å². The molecule has 1 amide bonds. The zero-order chi connectivity index (χ0) is 20.4. The quantitative estimate of drug-likeness (QED) is 0.624. The Labute approximate surface area is 172 Å². The number of hydrogen-bond acceptors (Lipinski definition) is 7. The number of aryl methyl sites for hydroxylation is 1. The minimum atomic E-state index is -0.362. The van der Waals surface area contributed by atoms with E-state index in [0.29, 0.717) is 17.5 Å². The van der Waals surface area contributed by atoms with E-state index in [1.54, 1.807) is 4.68 Å². The van der Waals surface area contributed by atoms with Crippen LogP contribution >= 0.6 is 11.8 Å². The number of thioether (sulfide) groups is 1. The molecule has 1 atom stereocenters. The molecule has 1 N–H and O–H groups in total. The van der Waals surface area contributed by atoms with E-state index in [1.807, 2.05) is 57.2 Å². The van der Waals surface area contributed by atoms with Gasteiger partial charge in [0, 0.05) is 6.54 Å². The van der Waals surface area contributed by atoms with E-state index in [1.165, 1.54) is 11.8 Å². The average molecular weight is 411 g/mol. The Bertz CT molecular complexity index is 1050. The van der Waals surface area contributed by atoms with Crippen LogP contribution < -0.4 is 14.8 Å². The van der Waals surface area contributed by atoms with Gasteiger partial charge in [-0.15, -0.1) is 5.10 Å². The minimum Gasteiger partial charge on any atom is -0.454 e. The van der Waals surface area contributed by atoms with Crippen molar-refractivity contribution in [3.05, 3.63) is 53.1 Å². The predicted molar refractivity (Wildman–Crippen MR) is 108 cm³/mol. The first kappa shape index (κ1) is 19.3. The number of hydrogen-bond donors (Lipinski definition) is 1. The normalized spacial score (nSPS) is 13.3. The largest absolute Gasteiger partial charge is 0.454 e. The number of fused-ring (bicyclic) bond motifs is 1. The second-order valence-electron chi connectivity index (χ2n) is 6.76. The molecule has 1 aliphatic rings. The van der Waals surface area contributed by atoms with E-state index in [4.69, 9.17) is 9.47 Å². The summed E-state index contributed by atoms with van der Waals surface area (Å²) < 4.78 is 12.4. The van der Waals surface area contributed by atoms with Crippen LogP contribution in [0.15, 0.2) is 41.6 Å². The van der Waals surface area contributed by atoms with E-state index in [2.05, 4.69) is 20.8 Å². The SMILES string of the molecule is Cc1cccc(-n2nnnc2S[C@H](C)C(=O)NCc2ccc3c(c2)OCO3)c1C. The molecule has 0 radical (unpaired) electrons. The fourth-order valence-corrected chi connectivity index (χ4v) is 3.79. The summed E-state index contributed by atoms with van der Waals surface area (Å²) in [7, 11) is 0. The summed E-state index contributed by atoms with van der Waals surface area (Å²) >= 11 is 1.32. The van der Waals surface area contributed by atoms with Gasteiger partial charge in [-0.25, -0.2) is 0 Å². The first-order valence-corrected chi connectivity index (χ1v) is 10.1. The lowest BCUT2D eigenvalue weighted by Gasteiger charge is -2.13. The fraction of sp³-hybridized carbons (Fsp3) is 0.300. The van der Waals surface area contributed by atoms with Crippen LogP contribution in [0.1, 0.15) is 23.6 Å². The third kappa shape index (κ3) is 4.04. The van der Waals surface area contributed by atoms with Crippen molar-refractivity contribution in [3.63, 3.8) is 0 Å². The smallest absolute Gasteiger partial charge is 0.233 e. The maximum absolute atomic E-state index is 12.6. The van der Waals surface area contributed by atoms with Crippen molar-refractivity contribution in [3.8, 4) is 17.2 Å². The molecule has 0 saturated carbocycles. The average Bonchev–Trinajstić information content (AvgIpc) is 3.37. The van der Waals surface area contributed by atoms with Crippen LogP contribution in [0.25, 0.3) is 5.69 Å². The van der Waals surface area contributed by atoms with Crippen LogP contribution in [-0.2, 0) is 11.3 Å². The molecule has 2 aromatic carbocycles. The zero-order valence-electron chi connectivity index (χ0n) is 16.4. The Morgan fingerprint density at radius 2 is 2.07 bits per heavy atom. The highest BCUT2D eigenvalue weighted by Crippen LogP contribution is 2.32. The molecule has 29 heavy (non-hydrogen) atoms. The van der Waals surface area contributed by atoms with Crippen molar-refractivity contribution >= 4 is 17.7 Å². The summed E-state index contributed by atoms with van der Waals surface area (Å²) in [5.74, 6) is 1.33. The van der Waals surface area contributed by atoms with E-state index < -0.39 is 0 Å². The second kappa shape index (κ2) is 8.12. The topological polar surface area (TPSA) is 91.2 Å². The monoisotopic (exact) mass is 411 g/mol. The van der Waals surface area contributed by atoms with Crippen LogP contribution in [0.3, 0.4) is 0 Å². The number of nitrogens with one attached hydrogen (secondary N) is 1. The number of tetrazole rings is 1. The van der Waals surface area contributed by atoms with Gasteiger partial charge >= 0.3 is 0 Å². The predicted octanol–water partition coefficient (Wildman–Crippen LogP) is 2.80. The summed E-state index contributed by atoms with van der Waals surface area (Å²) in [6.07, 6.45) is 0. The Balaban J connectivity index is 1.41. The third-order valence-electron chi connectivity index (χ3n) is 4.80. The van der Waals surface area contributed by atoms with Gasteiger partial charge in [0.15, 0.2) is 11.5 Å². The number of aromatic nitrogens is 4. The van der Waals surface area contributed by atoms with E-state index in [9.17, 15) is 4.79 Å². The van der Waals surface area contributed by atoms with E-state index in [-0.39, 0.29) is 18.0 Å². The van der Waals surface area contributed by atoms with Gasteiger partial charge in [-0.1, -0.05) is 30.0 Å². The molecule has 1 aromatic heterocycles. The molecule has 0 saturated heterocycles. The maximum Gasteiger partial charge on any atom is 0.233 e. The first-order chi connectivity index (χ1) is 14.0. The van der Waals surface area contributed by atoms with Gasteiger partial charge < -0.3 is 14.8 Å². The van der Waals surface area contributed by atoms with Crippen molar-refractivity contribution in [2.24, 2.45) is 0 Å². The van der Waals surface area contributed by atoms with Crippen molar-refractivity contribution in [1.82, 2.24) is 25.5 Å². The van der Waals surface area contributed by atoms with E-state index in [0.717, 1.165) is 28.1 Å². The van der Waals surface area contributed by atoms with Gasteiger partial charge in [0.05, 0.1) is 10.9 Å². The molecule has 8 nitrogen and oxygen atoms in total. The molecule has 2 heterocycles. The number of carbonyl (C=O) groups excluding carboxylic acids is 1. The number of carbonyl (C=O) groups is 1. The molecule has 4 rings (SSSR count). The number of benzene rings is 2. The summed E-state index contributed by atoms with van der Waals surface area (Å²) in [4.78, 5) is 12.6. The third-order valence-corrected chi connectivity index (χ3v) is 5.83. The van der Waals surface area contributed by atoms with Gasteiger partial charge in [-0.05, 0) is 66.1 Å². The molecular formula is C20H21N5O3S. The van der Waals surface area contributed by atoms with Gasteiger partial charge in [-0.3, -0.25) is 4.79 Å². The lowest BCUT2D eigenvalue weighted by atomic mass is 10.1. The lowest BCUT2D eigenvalue weighted by Crippen LogP contribution is -2.30. The standard InChI is InChI=1S/C20H21N5O3S/c1-12-5-4-6-16(13(12)2)25-20(22-23-24-25)29-14(3)19(26)21-10-15-7-8-17-18(9-15)28-11-27-17/h4-9,14H,10-11H2,1-3H3,(H,21,26)/t14-/m1/s1. The number of nitrogens with zero attached hydrogens (tertiary/aromatic N) is 4. The van der Waals surface area contributed by atoms with E-state index >= 15 is 0 Å². The molecule has 0 spiro atoms. The summed E-state index contributed by atoms with van der Waals surface area (Å²) in [5.41, 5.74) is 4.11. The van der Waals surface area contributed by atoms with Crippen molar-refractivity contribution in [1.29, 1.82) is 0 Å². The van der Waals surface area contributed by atoms with Crippen molar-refractivity contribution in [2.45, 2.75) is 37.7 Å². The summed E-state index contributed by atoms with van der Waals surface area (Å²) in [6.45, 7) is 6.54. The van der Waals surface area contributed by atoms with Gasteiger partial charge in [-0.2, -0.15) is 4.68 Å². The number of rotatable bonds is 6. The molecule has 3 aromatic rings. The first-order valence-electron chi connectivity index (χ1n) is 9.21. The molecule has 150 valence electrons. The zero-order valence-corrected chi connectivity index (χ0v) is 17.2. The highest BCUT2D eigenvalue weighted by molar-refractivity contribution is 8.00. The Kier molecular flexibility index (Phi) is 5.39. The summed E-state index contributed by atoms with van der Waals surface area (Å²) in [6, 6.07) is 11.6. The number of amides is 1. The van der Waals surface area contributed by atoms with Crippen LogP contribution in [0.2, 0.25) is 0 Å². The van der Waals surface area contributed by atoms with Crippen LogP contribution in [0, 0.1) is 13.8 Å². The molecule has 1 aliphatic heterocycles. The van der Waals surface area contributed by atoms with Crippen molar-refractivity contribution < 1.29 is 14.3 Å². The highest BCUT2D eigenvalue weighted by atomic mass is 32.2. The molecular weight excluding hydrogens is 390 g/mol. The molecule has 0 unspecified atom stereocenters. The lowest BCUT2D eigenvalue weighted by molar-refractivity contribution is -0.120. The Morgan fingerprint density at radius 1 is 1.24 bits per heavy atom. The van der Waals surface area contributed by atoms with Gasteiger partial charge in [0.2, 0.25) is 17.9 Å². The summed E-state index contributed by atoms with van der Waals surface area (Å²) in [5, 5.41) is 15.2. The molecule has 0 bridgehead atoms. The Morgan fingerprint density at radius 3 is 2.93 bits per heavy atom. The molecule has 0 fully saturated rings. The highest BCUT2D eigenvalue weighted by Gasteiger charge is 2.20. The molecule has 0 aliphatic carbocycles. The second-order valence-corrected chi connectivity index (χ2v) is 8.07. The van der Waals surface area contributed by atoms with Crippen molar-refractivity contribution in [2.75, 3.05) is 6.79 Å². The number of ether oxygens (including phenoxy) is 2. The van der Waals surface area contributed by atoms with Gasteiger partial charge in [0.25, 0.3) is 0 Å². The Hall–Kier alpha value is -3.07. The minimum absolute atomic E-state index is 0.0943. The van der Waals surface area contributed by atoms with Crippen LogP contribution in [-0.4, -0.2) is 38.2 Å². The van der Waals surface area contributed by atoms with Crippen LogP contribution in [0.5, 0.6) is 11.5 Å². The fourth-order valence-electron chi connectivity index (χ4n) is 2.96.